The normalized spacial score (nSPS) is 50.0. The maximum atomic E-state index is 14.3. The van der Waals surface area contributed by atoms with E-state index in [0.717, 1.165) is 135 Å². The highest BCUT2D eigenvalue weighted by Gasteiger charge is 2.76. The van der Waals surface area contributed by atoms with E-state index in [1.807, 2.05) is 39.0 Å². The molecule has 0 unspecified atom stereocenters. The van der Waals surface area contributed by atoms with E-state index >= 15 is 0 Å². The van der Waals surface area contributed by atoms with Crippen molar-refractivity contribution in [1.82, 2.24) is 0 Å². The number of hydrogen-bond donors (Lipinski definition) is 1. The number of nitriles is 1. The fraction of sp³-hybridized carbons (Fsp3) is 0.804. The molecule has 12 fully saturated rings. The van der Waals surface area contributed by atoms with Crippen molar-refractivity contribution in [2.45, 2.75) is 294 Å². The molecule has 0 aromatic rings. The maximum absolute atomic E-state index is 14.3. The molecule has 12 saturated carbocycles. The fourth-order valence-electron chi connectivity index (χ4n) is 30.7. The molecule has 0 aliphatic heterocycles. The van der Waals surface area contributed by atoms with E-state index in [1.165, 1.54) is 14.8 Å². The lowest BCUT2D eigenvalue weighted by Gasteiger charge is -2.71. The Labute approximate surface area is 645 Å². The first kappa shape index (κ1) is 78.7. The van der Waals surface area contributed by atoms with Crippen LogP contribution in [0.4, 0.5) is 0 Å². The van der Waals surface area contributed by atoms with Crippen LogP contribution in [0.1, 0.15) is 296 Å². The number of rotatable bonds is 2. The number of amides is 1. The molecule has 13 nitrogen and oxygen atoms in total. The third-order valence-electron chi connectivity index (χ3n) is 37.4. The van der Waals surface area contributed by atoms with E-state index in [0.29, 0.717) is 25.0 Å². The summed E-state index contributed by atoms with van der Waals surface area (Å²) in [6.07, 6.45) is 26.4. The number of carbonyl (C=O) groups is 8. The van der Waals surface area contributed by atoms with Gasteiger partial charge in [-0.1, -0.05) is 158 Å². The van der Waals surface area contributed by atoms with Crippen LogP contribution in [0.15, 0.2) is 35.3 Å². The Bertz CT molecular complexity index is 3900. The number of primary amides is 1. The van der Waals surface area contributed by atoms with Crippen molar-refractivity contribution >= 4 is 57.5 Å². The number of nitrogens with zero attached hydrogens (tertiary/aromatic N) is 4. The third-order valence-corrected chi connectivity index (χ3v) is 37.8. The van der Waals surface area contributed by atoms with Crippen molar-refractivity contribution in [1.29, 1.82) is 5.26 Å². The molecular weight excluding hydrogens is 1340 g/mol. The summed E-state index contributed by atoms with van der Waals surface area (Å²) in [7, 11) is 2.50. The van der Waals surface area contributed by atoms with Gasteiger partial charge in [0.25, 0.3) is 0 Å². The summed E-state index contributed by atoms with van der Waals surface area (Å²) in [6.45, 7) is 63.4. The van der Waals surface area contributed by atoms with Crippen LogP contribution in [0.25, 0.3) is 14.5 Å². The van der Waals surface area contributed by atoms with Gasteiger partial charge < -0.3 is 20.1 Å². The smallest absolute Gasteiger partial charge is 0.228 e. The molecule has 0 heterocycles. The van der Waals surface area contributed by atoms with Crippen molar-refractivity contribution in [2.75, 3.05) is 0 Å². The Kier molecular flexibility index (Phi) is 19.2. The first-order valence-electron chi connectivity index (χ1n) is 42.6. The Morgan fingerprint density at radius 2 is 0.708 bits per heavy atom. The lowest BCUT2D eigenvalue weighted by atomic mass is 9.32. The highest BCUT2D eigenvalue weighted by atomic mass is 35.5. The Balaban J connectivity index is 0.000000157. The van der Waals surface area contributed by atoms with Gasteiger partial charge in [0.05, 0.1) is 36.6 Å². The number of allylic oxidation sites excluding steroid dienone is 6. The van der Waals surface area contributed by atoms with Crippen molar-refractivity contribution in [3.05, 3.63) is 69.6 Å². The molecule has 0 radical (unpaired) electrons. The van der Waals surface area contributed by atoms with E-state index in [-0.39, 0.29) is 216 Å². The molecule has 0 saturated heterocycles. The molecule has 1 amide bonds. The molecule has 14 heteroatoms. The van der Waals surface area contributed by atoms with E-state index < -0.39 is 10.8 Å². The molecule has 27 atom stereocenters. The minimum atomic E-state index is -0.579. The maximum Gasteiger partial charge on any atom is 0.228 e. The summed E-state index contributed by atoms with van der Waals surface area (Å²) in [5.41, 5.74) is 3.85. The number of Topliss-reactive ketones (excluding diaryl/α,β-unsaturated/α-hetero) is 6. The van der Waals surface area contributed by atoms with Crippen molar-refractivity contribution in [3.63, 3.8) is 0 Å². The molecule has 2 N–H and O–H groups in total. The predicted molar refractivity (Wildman–Crippen MR) is 415 cm³/mol. The number of nitrogens with two attached hydrogens (primary N) is 1. The van der Waals surface area contributed by atoms with Crippen molar-refractivity contribution < 1.29 is 41.1 Å². The van der Waals surface area contributed by atoms with E-state index in [1.54, 1.807) is 0 Å². The summed E-state index contributed by atoms with van der Waals surface area (Å²) < 4.78 is 11.5. The van der Waals surface area contributed by atoms with Crippen LogP contribution in [0.3, 0.4) is 0 Å². The van der Waals surface area contributed by atoms with Gasteiger partial charge >= 0.3 is 0 Å². The first-order valence-corrected chi connectivity index (χ1v) is 40.9. The van der Waals surface area contributed by atoms with E-state index in [4.69, 9.17) is 39.8 Å². The van der Waals surface area contributed by atoms with Gasteiger partial charge in [0.2, 0.25) is 28.2 Å². The van der Waals surface area contributed by atoms with Crippen LogP contribution < -0.4 is 5.73 Å². The monoisotopic (exact) mass is 1470 g/mol. The Morgan fingerprint density at radius 3 is 1.03 bits per heavy atom. The minimum absolute atomic E-state index is 0.000457. The number of ketones is 6. The van der Waals surface area contributed by atoms with Gasteiger partial charge in [-0.25, -0.2) is 14.5 Å². The largest absolute Gasteiger partial charge is 0.369 e. The van der Waals surface area contributed by atoms with Gasteiger partial charge in [0.15, 0.2) is 17.3 Å². The molecule has 15 aliphatic rings. The molecule has 578 valence electrons. The molecule has 0 aromatic carbocycles. The zero-order chi connectivity index (χ0) is 80.4. The van der Waals surface area contributed by atoms with Gasteiger partial charge in [-0.05, 0) is 265 Å². The molecule has 0 bridgehead atoms. The zero-order valence-corrected chi connectivity index (χ0v) is 69.1. The molecule has 0 aromatic heterocycles. The van der Waals surface area contributed by atoms with Gasteiger partial charge in [-0.15, -0.1) is 0 Å². The minimum Gasteiger partial charge on any atom is -0.369 e. The number of carbonyl (C=O) groups excluding carboxylic acids is 8. The lowest BCUT2D eigenvalue weighted by molar-refractivity contribution is -0.218. The van der Waals surface area contributed by atoms with E-state index in [2.05, 4.69) is 124 Å². The van der Waals surface area contributed by atoms with Gasteiger partial charge in [0, 0.05) is 62.9 Å². The average Bonchev–Trinajstić information content (AvgIpc) is 0.683. The van der Waals surface area contributed by atoms with Crippen molar-refractivity contribution in [2.24, 2.45) is 176 Å². The number of hydrogen-bond acceptors (Lipinski definition) is 9. The standard InChI is InChI=1S/C30H40ClNO3.C30H42N2O3.C30H40N2O2.2CH4/c2*1-17-18-8-9-28(5)22(27(18,4)16-20(32-7)24(17)34)14-21(33)23-19-15-26(2,3)10-12-30(19,25(31)35)13-11-29(23,28)6;1-18-19-8-9-28(5)23(27(19,4)16-21(32-7)25(18)34)14-22(33)24-20-15-26(2,3)10-12-30(20,17-31)13-11-29(24,28)6;;/h16-19,22-23H,8-15H2,1-6H3;16-19,22-23H,8-15H2,1-6H3,(H2,31,35);16,18-20,23-24H,8-15H2,1-6H3;2*1H4/t2*17-,18-,19-,22+,23-,27-,28+,29+,30-;18-,19-,20-,23+,24-,27-,28+,29+,30+;;/m000../s1/i;;;2*1T. The second-order valence-electron chi connectivity index (χ2n) is 42.7. The Morgan fingerprint density at radius 1 is 0.434 bits per heavy atom. The number of fused-ring (bicyclic) bond motifs is 21. The summed E-state index contributed by atoms with van der Waals surface area (Å²) in [5.74, 6) is 0.633. The van der Waals surface area contributed by atoms with E-state index in [9.17, 15) is 43.6 Å². The molecule has 0 spiro atoms. The zero-order valence-electron chi connectivity index (χ0n) is 70.4. The van der Waals surface area contributed by atoms with Gasteiger partial charge in [-0.3, -0.25) is 24.0 Å². The molecule has 15 aliphatic carbocycles. The first-order chi connectivity index (χ1) is 50.1. The van der Waals surface area contributed by atoms with Gasteiger partial charge in [-0.2, -0.15) is 5.26 Å². The van der Waals surface area contributed by atoms with Crippen LogP contribution >= 0.6 is 11.6 Å². The second-order valence-corrected chi connectivity index (χ2v) is 43.0. The van der Waals surface area contributed by atoms with Crippen molar-refractivity contribution in [3.8, 4) is 6.07 Å². The highest BCUT2D eigenvalue weighted by Crippen LogP contribution is 2.80. The fourth-order valence-corrected chi connectivity index (χ4v) is 31.0. The third kappa shape index (κ3) is 10.8. The van der Waals surface area contributed by atoms with Gasteiger partial charge in [0.1, 0.15) is 17.3 Å². The quantitative estimate of drug-likeness (QED) is 0.206. The van der Waals surface area contributed by atoms with Crippen LogP contribution in [0.2, 0.25) is 0 Å². The SMILES string of the molecule is [3H]C.[3H]C.[C-]#[N+]C1=C[C@]2(C)[C@H]3CC(=O)[C@@H]4[C@@H]5CC(C)(C)CC[C@]5(C#N)CC[C@@]4(C)[C@]3(C)CC[C@H]2[C@H](C)C1=O.[C-]#[N+]C1=C[C@]2(C)[C@H]3CC(=O)[C@@H]4[C@@H]5CC(C)(C)CC[C@]5(C(=O)Cl)CC[C@@]4(C)[C@]3(C)CC[C@H]2[C@H](C)C1=O.[C-]#[N+]C1=C[C@]2(C)[C@H]3CC(=O)[C@@H]4[C@@H]5CC(C)(C)CC[C@]5(C(N)=O)CC[C@@]4(C)[C@]3(C)CC[C@H]2[C@H](C)C1=O. The van der Waals surface area contributed by atoms with Crippen LogP contribution in [-0.2, 0) is 38.4 Å². The van der Waals surface area contributed by atoms with Crippen LogP contribution in [0.5, 0.6) is 0 Å². The second kappa shape index (κ2) is 25.9. The summed E-state index contributed by atoms with van der Waals surface area (Å²) in [5, 5.41) is 10.1. The van der Waals surface area contributed by atoms with Crippen LogP contribution in [-0.4, -0.2) is 45.8 Å². The predicted octanol–water partition coefficient (Wildman–Crippen LogP) is 20.8. The molecule has 106 heavy (non-hydrogen) atoms. The Hall–Kier alpha value is -5.37. The highest BCUT2D eigenvalue weighted by molar-refractivity contribution is 6.64. The summed E-state index contributed by atoms with van der Waals surface area (Å²) in [6, 6.07) is 2.76. The lowest BCUT2D eigenvalue weighted by Crippen LogP contribution is -2.69. The van der Waals surface area contributed by atoms with Crippen LogP contribution in [0, 0.1) is 201 Å². The summed E-state index contributed by atoms with van der Waals surface area (Å²) >= 11 is 6.37. The molecular formula is C92H130ClN5O8. The molecule has 15 rings (SSSR count). The number of halogens is 1. The topological polar surface area (TPSA) is 199 Å². The average molecular weight is 1470 g/mol. The summed E-state index contributed by atoms with van der Waals surface area (Å²) in [4.78, 5) is 118.